The van der Waals surface area contributed by atoms with Crippen molar-refractivity contribution in [2.45, 2.75) is 39.7 Å². The van der Waals surface area contributed by atoms with Gasteiger partial charge in [0.25, 0.3) is 0 Å². The summed E-state index contributed by atoms with van der Waals surface area (Å²) in [4.78, 5) is 32.2. The summed E-state index contributed by atoms with van der Waals surface area (Å²) in [6, 6.07) is 0.479. The van der Waals surface area contributed by atoms with Crippen LogP contribution in [-0.4, -0.2) is 73.4 Å². The third kappa shape index (κ3) is 5.78. The lowest BCUT2D eigenvalue weighted by Gasteiger charge is -2.36. The quantitative estimate of drug-likeness (QED) is 0.285. The van der Waals surface area contributed by atoms with Crippen molar-refractivity contribution in [3.05, 3.63) is 0 Å². The molecule has 24 heavy (non-hydrogen) atoms. The van der Waals surface area contributed by atoms with Crippen LogP contribution in [0.2, 0.25) is 0 Å². The van der Waals surface area contributed by atoms with Gasteiger partial charge in [0, 0.05) is 44.7 Å². The second-order valence-corrected chi connectivity index (χ2v) is 7.22. The summed E-state index contributed by atoms with van der Waals surface area (Å²) in [5.41, 5.74) is -0.382. The minimum Gasteiger partial charge on any atom is -0.354 e. The molecular formula is C16H30IN5O2. The largest absolute Gasteiger partial charge is 0.354 e. The Balaban J connectivity index is 0.00000288. The second-order valence-electron chi connectivity index (χ2n) is 7.22. The molecule has 2 aliphatic rings. The molecule has 2 rings (SSSR count). The molecule has 0 radical (unpaired) electrons. The van der Waals surface area contributed by atoms with Crippen molar-refractivity contribution in [2.75, 3.05) is 39.8 Å². The molecule has 0 bridgehead atoms. The number of hydrogen-bond acceptors (Lipinski definition) is 3. The average molecular weight is 451 g/mol. The summed E-state index contributed by atoms with van der Waals surface area (Å²) in [7, 11) is 1.72. The Kier molecular flexibility index (Phi) is 7.75. The highest BCUT2D eigenvalue weighted by Gasteiger charge is 2.36. The van der Waals surface area contributed by atoms with Gasteiger partial charge < -0.3 is 20.4 Å². The first-order valence-corrected chi connectivity index (χ1v) is 8.36. The van der Waals surface area contributed by atoms with E-state index in [9.17, 15) is 9.59 Å². The van der Waals surface area contributed by atoms with Gasteiger partial charge in [0.15, 0.2) is 5.96 Å². The lowest BCUT2D eigenvalue weighted by Crippen LogP contribution is -2.56. The van der Waals surface area contributed by atoms with Crippen molar-refractivity contribution in [1.29, 1.82) is 0 Å². The summed E-state index contributed by atoms with van der Waals surface area (Å²) >= 11 is 0. The van der Waals surface area contributed by atoms with E-state index in [0.717, 1.165) is 31.9 Å². The number of amides is 2. The number of carbonyl (C=O) groups is 2. The normalized spacial score (nSPS) is 19.0. The summed E-state index contributed by atoms with van der Waals surface area (Å²) in [5.74, 6) is 0.934. The maximum Gasteiger partial charge on any atom is 0.242 e. The van der Waals surface area contributed by atoms with Crippen molar-refractivity contribution < 1.29 is 9.59 Å². The first kappa shape index (κ1) is 21.0. The van der Waals surface area contributed by atoms with Crippen LogP contribution in [0.4, 0.5) is 0 Å². The monoisotopic (exact) mass is 451 g/mol. The fourth-order valence-electron chi connectivity index (χ4n) is 2.59. The van der Waals surface area contributed by atoms with Crippen LogP contribution < -0.4 is 10.6 Å². The van der Waals surface area contributed by atoms with Crippen molar-refractivity contribution in [2.24, 2.45) is 10.4 Å². The van der Waals surface area contributed by atoms with E-state index in [0.29, 0.717) is 25.7 Å². The maximum absolute atomic E-state index is 12.2. The number of piperazine rings is 1. The lowest BCUT2D eigenvalue weighted by molar-refractivity contribution is -0.135. The second kappa shape index (κ2) is 8.87. The van der Waals surface area contributed by atoms with Crippen LogP contribution >= 0.6 is 24.0 Å². The van der Waals surface area contributed by atoms with E-state index in [-0.39, 0.29) is 41.2 Å². The highest BCUT2D eigenvalue weighted by molar-refractivity contribution is 14.0. The number of nitrogens with one attached hydrogen (secondary N) is 2. The van der Waals surface area contributed by atoms with Gasteiger partial charge in [-0.1, -0.05) is 20.8 Å². The molecule has 0 aromatic carbocycles. The number of carbonyl (C=O) groups excluding carboxylic acids is 2. The molecule has 1 saturated carbocycles. The van der Waals surface area contributed by atoms with Gasteiger partial charge in [-0.05, 0) is 12.8 Å². The number of aliphatic imine (C=N–C) groups is 1. The molecule has 138 valence electrons. The summed E-state index contributed by atoms with van der Waals surface area (Å²) in [5, 5.41) is 6.11. The van der Waals surface area contributed by atoms with E-state index in [1.807, 2.05) is 30.6 Å². The van der Waals surface area contributed by atoms with Crippen LogP contribution in [0.25, 0.3) is 0 Å². The number of nitrogens with zero attached hydrogens (tertiary/aromatic N) is 3. The predicted molar refractivity (Wildman–Crippen MR) is 106 cm³/mol. The highest BCUT2D eigenvalue weighted by atomic mass is 127. The van der Waals surface area contributed by atoms with Gasteiger partial charge in [0.05, 0.1) is 6.54 Å². The fourth-order valence-corrected chi connectivity index (χ4v) is 2.59. The summed E-state index contributed by atoms with van der Waals surface area (Å²) < 4.78 is 0. The van der Waals surface area contributed by atoms with Crippen molar-refractivity contribution in [3.63, 3.8) is 0 Å². The number of rotatable bonds is 4. The Hall–Kier alpha value is -1.06. The molecule has 0 aromatic heterocycles. The van der Waals surface area contributed by atoms with E-state index in [4.69, 9.17) is 0 Å². The Bertz CT molecular complexity index is 485. The summed E-state index contributed by atoms with van der Waals surface area (Å²) in [6.07, 6.45) is 2.29. The van der Waals surface area contributed by atoms with Crippen LogP contribution in [0, 0.1) is 5.41 Å². The van der Waals surface area contributed by atoms with Gasteiger partial charge in [-0.15, -0.1) is 24.0 Å². The molecule has 0 spiro atoms. The van der Waals surface area contributed by atoms with Crippen molar-refractivity contribution in [1.82, 2.24) is 20.4 Å². The maximum atomic E-state index is 12.2. The molecule has 2 amide bonds. The molecule has 0 aromatic rings. The summed E-state index contributed by atoms with van der Waals surface area (Å²) in [6.45, 7) is 8.74. The van der Waals surface area contributed by atoms with Crippen LogP contribution in [0.3, 0.4) is 0 Å². The van der Waals surface area contributed by atoms with E-state index in [1.54, 1.807) is 7.05 Å². The van der Waals surface area contributed by atoms with Crippen molar-refractivity contribution >= 4 is 41.8 Å². The molecule has 1 saturated heterocycles. The standard InChI is InChI=1S/C16H29N5O2.HI/c1-16(2,3)14(23)18-7-8-19-15(17-4)20-9-10-21(12-5-6-12)13(22)11-20;/h12H,5-11H2,1-4H3,(H,17,19)(H,18,23);1H. The molecule has 8 heteroatoms. The molecule has 2 fully saturated rings. The molecule has 1 heterocycles. The van der Waals surface area contributed by atoms with Crippen LogP contribution in [0.5, 0.6) is 0 Å². The van der Waals surface area contributed by atoms with Crippen LogP contribution in [0.1, 0.15) is 33.6 Å². The first-order valence-electron chi connectivity index (χ1n) is 8.36. The highest BCUT2D eigenvalue weighted by Crippen LogP contribution is 2.27. The SMILES string of the molecule is CN=C(NCCNC(=O)C(C)(C)C)N1CCN(C2CC2)C(=O)C1.I. The molecule has 2 N–H and O–H groups in total. The van der Waals surface area contributed by atoms with E-state index < -0.39 is 0 Å². The average Bonchev–Trinajstić information content (AvgIpc) is 3.30. The molecule has 0 unspecified atom stereocenters. The Labute approximate surface area is 161 Å². The Morgan fingerprint density at radius 3 is 2.33 bits per heavy atom. The zero-order chi connectivity index (χ0) is 17.0. The number of hydrogen-bond donors (Lipinski definition) is 2. The molecule has 1 aliphatic carbocycles. The van der Waals surface area contributed by atoms with Gasteiger partial charge in [0.1, 0.15) is 0 Å². The van der Waals surface area contributed by atoms with E-state index in [2.05, 4.69) is 15.6 Å². The van der Waals surface area contributed by atoms with Gasteiger partial charge in [-0.3, -0.25) is 14.6 Å². The van der Waals surface area contributed by atoms with Gasteiger partial charge in [-0.2, -0.15) is 0 Å². The molecule has 0 atom stereocenters. The van der Waals surface area contributed by atoms with Crippen LogP contribution in [0.15, 0.2) is 4.99 Å². The minimum atomic E-state index is -0.382. The zero-order valence-electron chi connectivity index (χ0n) is 15.1. The van der Waals surface area contributed by atoms with Gasteiger partial charge >= 0.3 is 0 Å². The van der Waals surface area contributed by atoms with E-state index in [1.165, 1.54) is 0 Å². The lowest BCUT2D eigenvalue weighted by atomic mass is 9.96. The van der Waals surface area contributed by atoms with Crippen molar-refractivity contribution in [3.8, 4) is 0 Å². The number of halogens is 1. The molecule has 1 aliphatic heterocycles. The third-order valence-corrected chi connectivity index (χ3v) is 4.13. The first-order chi connectivity index (χ1) is 10.8. The minimum absolute atomic E-state index is 0. The van der Waals surface area contributed by atoms with Gasteiger partial charge in [0.2, 0.25) is 11.8 Å². The molecular weight excluding hydrogens is 421 g/mol. The topological polar surface area (TPSA) is 77.0 Å². The van der Waals surface area contributed by atoms with E-state index >= 15 is 0 Å². The van der Waals surface area contributed by atoms with Crippen LogP contribution in [-0.2, 0) is 9.59 Å². The zero-order valence-corrected chi connectivity index (χ0v) is 17.4. The number of guanidine groups is 1. The fraction of sp³-hybridized carbons (Fsp3) is 0.812. The Morgan fingerprint density at radius 1 is 1.21 bits per heavy atom. The predicted octanol–water partition coefficient (Wildman–Crippen LogP) is 0.649. The van der Waals surface area contributed by atoms with Gasteiger partial charge in [-0.25, -0.2) is 0 Å². The third-order valence-electron chi connectivity index (χ3n) is 4.13. The molecule has 7 nitrogen and oxygen atoms in total. The Morgan fingerprint density at radius 2 is 1.83 bits per heavy atom. The smallest absolute Gasteiger partial charge is 0.242 e.